The van der Waals surface area contributed by atoms with Crippen molar-refractivity contribution in [2.75, 3.05) is 6.66 Å². The zero-order valence-electron chi connectivity index (χ0n) is 5.53. The van der Waals surface area contributed by atoms with Gasteiger partial charge >= 0.3 is 23.7 Å². The molecular formula is C2H3F3O5PS+. The molecule has 12 heavy (non-hydrogen) atoms. The van der Waals surface area contributed by atoms with Crippen molar-refractivity contribution in [2.24, 2.45) is 0 Å². The van der Waals surface area contributed by atoms with Crippen molar-refractivity contribution < 1.29 is 35.2 Å². The van der Waals surface area contributed by atoms with Crippen LogP contribution in [0.2, 0.25) is 0 Å². The molecule has 0 fully saturated rings. The first-order chi connectivity index (χ1) is 5.17. The van der Waals surface area contributed by atoms with Gasteiger partial charge in [0.05, 0.1) is 0 Å². The lowest BCUT2D eigenvalue weighted by Crippen LogP contribution is -2.24. The Labute approximate surface area is 66.4 Å². The van der Waals surface area contributed by atoms with Crippen molar-refractivity contribution in [3.05, 3.63) is 0 Å². The second kappa shape index (κ2) is 3.65. The number of hydrogen-bond donors (Lipinski definition) is 0. The highest BCUT2D eigenvalue weighted by atomic mass is 32.2. The van der Waals surface area contributed by atoms with Gasteiger partial charge in [-0.1, -0.05) is 4.33 Å². The molecule has 0 aliphatic carbocycles. The minimum absolute atomic E-state index is 0.835. The smallest absolute Gasteiger partial charge is 0.187 e. The maximum absolute atomic E-state index is 11.4. The summed E-state index contributed by atoms with van der Waals surface area (Å²) in [6.45, 7) is 0.835. The topological polar surface area (TPSA) is 69.7 Å². The molecule has 0 aliphatic rings. The molecule has 0 saturated carbocycles. The van der Waals surface area contributed by atoms with E-state index in [-0.39, 0.29) is 0 Å². The van der Waals surface area contributed by atoms with Crippen LogP contribution >= 0.6 is 8.03 Å². The Balaban J connectivity index is 4.37. The Kier molecular flexibility index (Phi) is 3.58. The van der Waals surface area contributed by atoms with Gasteiger partial charge in [0.15, 0.2) is 6.66 Å². The minimum Gasteiger partial charge on any atom is -0.187 e. The van der Waals surface area contributed by atoms with E-state index < -0.39 is 23.7 Å². The van der Waals surface area contributed by atoms with Crippen LogP contribution < -0.4 is 0 Å². The van der Waals surface area contributed by atoms with Crippen molar-refractivity contribution >= 4 is 18.1 Å². The Bertz CT molecular complexity index is 267. The van der Waals surface area contributed by atoms with Crippen LogP contribution in [-0.4, -0.2) is 20.6 Å². The van der Waals surface area contributed by atoms with Crippen LogP contribution in [0.15, 0.2) is 0 Å². The molecular weight excluding hydrogens is 224 g/mol. The standard InChI is InChI=1S/C2H3F3O5PS/c1-11(6)9-10-12(7,8)2(3,4)5/h1H3/q+1. The molecule has 0 heterocycles. The molecule has 0 N–H and O–H groups in total. The van der Waals surface area contributed by atoms with Crippen molar-refractivity contribution in [3.8, 4) is 0 Å². The molecule has 0 rings (SSSR count). The van der Waals surface area contributed by atoms with Crippen LogP contribution in [0.1, 0.15) is 0 Å². The van der Waals surface area contributed by atoms with Gasteiger partial charge in [-0.15, -0.1) is 0 Å². The molecule has 0 radical (unpaired) electrons. The molecule has 0 aromatic carbocycles. The van der Waals surface area contributed by atoms with Gasteiger partial charge in [0.25, 0.3) is 0 Å². The summed E-state index contributed by atoms with van der Waals surface area (Å²) in [5, 5.41) is 0. The van der Waals surface area contributed by atoms with Gasteiger partial charge in [0, 0.05) is 4.67 Å². The molecule has 0 spiro atoms. The van der Waals surface area contributed by atoms with Gasteiger partial charge in [-0.3, -0.25) is 0 Å². The monoisotopic (exact) mass is 227 g/mol. The van der Waals surface area contributed by atoms with E-state index in [9.17, 15) is 26.2 Å². The number of halogens is 3. The van der Waals surface area contributed by atoms with Gasteiger partial charge in [0.2, 0.25) is 0 Å². The maximum atomic E-state index is 11.4. The first kappa shape index (κ1) is 11.8. The van der Waals surface area contributed by atoms with Crippen LogP contribution in [0.5, 0.6) is 0 Å². The van der Waals surface area contributed by atoms with Gasteiger partial charge < -0.3 is 0 Å². The molecule has 0 aliphatic heterocycles. The summed E-state index contributed by atoms with van der Waals surface area (Å²) in [5.41, 5.74) is -5.57. The van der Waals surface area contributed by atoms with E-state index >= 15 is 0 Å². The molecule has 0 saturated heterocycles. The fraction of sp³-hybridized carbons (Fsp3) is 1.00. The van der Waals surface area contributed by atoms with Crippen LogP contribution in [0, 0.1) is 0 Å². The van der Waals surface area contributed by atoms with E-state index in [0.717, 1.165) is 6.66 Å². The van der Waals surface area contributed by atoms with Crippen LogP contribution in [-0.2, 0) is 23.7 Å². The Morgan fingerprint density at radius 1 is 1.33 bits per heavy atom. The van der Waals surface area contributed by atoms with Crippen molar-refractivity contribution in [1.29, 1.82) is 0 Å². The van der Waals surface area contributed by atoms with E-state index in [1.54, 1.807) is 0 Å². The quantitative estimate of drug-likeness (QED) is 0.313. The van der Waals surface area contributed by atoms with Gasteiger partial charge in [0.1, 0.15) is 0 Å². The average Bonchev–Trinajstić information content (AvgIpc) is 1.81. The number of alkyl halides is 3. The summed E-state index contributed by atoms with van der Waals surface area (Å²) in [6, 6.07) is 0. The summed E-state index contributed by atoms with van der Waals surface area (Å²) < 4.78 is 70.3. The normalized spacial score (nSPS) is 14.5. The number of rotatable bonds is 3. The third-order valence-electron chi connectivity index (χ3n) is 0.508. The molecule has 1 unspecified atom stereocenters. The summed E-state index contributed by atoms with van der Waals surface area (Å²) in [7, 11) is -8.36. The Morgan fingerprint density at radius 3 is 2.00 bits per heavy atom. The predicted octanol–water partition coefficient (Wildman–Crippen LogP) is 1.16. The SMILES string of the molecule is C[P+](=O)OOS(=O)(=O)C(F)(F)F. The first-order valence-corrected chi connectivity index (χ1v) is 5.28. The van der Waals surface area contributed by atoms with E-state index in [1.165, 1.54) is 0 Å². The van der Waals surface area contributed by atoms with Gasteiger partial charge in [-0.2, -0.15) is 21.6 Å². The summed E-state index contributed by atoms with van der Waals surface area (Å²) in [6.07, 6.45) is 0. The Hall–Kier alpha value is -0.240. The van der Waals surface area contributed by atoms with Crippen molar-refractivity contribution in [2.45, 2.75) is 5.51 Å². The minimum atomic E-state index is -5.80. The van der Waals surface area contributed by atoms with Crippen molar-refractivity contribution in [1.82, 2.24) is 0 Å². The van der Waals surface area contributed by atoms with Crippen LogP contribution in [0.25, 0.3) is 0 Å². The van der Waals surface area contributed by atoms with E-state index in [4.69, 9.17) is 0 Å². The zero-order chi connectivity index (χ0) is 9.99. The van der Waals surface area contributed by atoms with E-state index in [2.05, 4.69) is 9.01 Å². The molecule has 5 nitrogen and oxygen atoms in total. The number of hydrogen-bond acceptors (Lipinski definition) is 5. The van der Waals surface area contributed by atoms with E-state index in [1.807, 2.05) is 0 Å². The zero-order valence-corrected chi connectivity index (χ0v) is 7.24. The van der Waals surface area contributed by atoms with Gasteiger partial charge in [-0.05, 0) is 4.57 Å². The lowest BCUT2D eigenvalue weighted by atomic mass is 11.6. The summed E-state index contributed by atoms with van der Waals surface area (Å²) in [5.74, 6) is 0. The summed E-state index contributed by atoms with van der Waals surface area (Å²) in [4.78, 5) is 0. The predicted molar refractivity (Wildman–Crippen MR) is 30.7 cm³/mol. The highest BCUT2D eigenvalue weighted by molar-refractivity contribution is 7.87. The van der Waals surface area contributed by atoms with E-state index in [0.29, 0.717) is 0 Å². The average molecular weight is 227 g/mol. The van der Waals surface area contributed by atoms with Crippen molar-refractivity contribution in [3.63, 3.8) is 0 Å². The molecule has 1 atom stereocenters. The fourth-order valence-electron chi connectivity index (χ4n) is 0.121. The molecule has 0 bridgehead atoms. The molecule has 0 amide bonds. The van der Waals surface area contributed by atoms with Crippen LogP contribution in [0.4, 0.5) is 13.2 Å². The highest BCUT2D eigenvalue weighted by Gasteiger charge is 2.49. The van der Waals surface area contributed by atoms with Crippen LogP contribution in [0.3, 0.4) is 0 Å². The third-order valence-corrected chi connectivity index (χ3v) is 1.71. The molecule has 10 heteroatoms. The second-order valence-electron chi connectivity index (χ2n) is 1.48. The molecule has 0 aromatic heterocycles. The molecule has 72 valence electrons. The fourth-order valence-corrected chi connectivity index (χ4v) is 0.862. The largest absolute Gasteiger partial charge is 0.537 e. The maximum Gasteiger partial charge on any atom is 0.537 e. The Morgan fingerprint density at radius 2 is 1.75 bits per heavy atom. The lowest BCUT2D eigenvalue weighted by Gasteiger charge is -2.01. The molecule has 0 aromatic rings. The summed E-state index contributed by atoms with van der Waals surface area (Å²) >= 11 is 0. The first-order valence-electron chi connectivity index (χ1n) is 2.25. The third kappa shape index (κ3) is 3.44. The highest BCUT2D eigenvalue weighted by Crippen LogP contribution is 2.28. The van der Waals surface area contributed by atoms with Gasteiger partial charge in [-0.25, -0.2) is 0 Å². The second-order valence-corrected chi connectivity index (χ2v) is 4.02. The lowest BCUT2D eigenvalue weighted by molar-refractivity contribution is -0.123.